The van der Waals surface area contributed by atoms with Gasteiger partial charge in [-0.25, -0.2) is 9.59 Å². The predicted octanol–water partition coefficient (Wildman–Crippen LogP) is 0.973. The van der Waals surface area contributed by atoms with Crippen LogP contribution in [0.1, 0.15) is 50.7 Å². The molecule has 0 radical (unpaired) electrons. The van der Waals surface area contributed by atoms with Gasteiger partial charge in [0, 0.05) is 50.5 Å². The molecule has 0 spiro atoms. The first-order valence-corrected chi connectivity index (χ1v) is 13.9. The average Bonchev–Trinajstić information content (AvgIpc) is 3.32. The van der Waals surface area contributed by atoms with Gasteiger partial charge in [0.15, 0.2) is 0 Å². The molecular weight excluding hydrogens is 496 g/mol. The molecule has 0 bridgehead atoms. The number of aromatic nitrogens is 2. The van der Waals surface area contributed by atoms with Crippen molar-refractivity contribution >= 4 is 17.8 Å². The third-order valence-corrected chi connectivity index (χ3v) is 8.09. The zero-order valence-electron chi connectivity index (χ0n) is 22.9. The Balaban J connectivity index is 1.18. The Bertz CT molecular complexity index is 1280. The maximum atomic E-state index is 12.9. The van der Waals surface area contributed by atoms with Gasteiger partial charge >= 0.3 is 11.7 Å². The number of rotatable bonds is 5. The second-order valence-electron chi connectivity index (χ2n) is 11.7. The Labute approximate surface area is 228 Å². The van der Waals surface area contributed by atoms with Gasteiger partial charge in [0.05, 0.1) is 11.2 Å². The number of amides is 3. The Morgan fingerprint density at radius 3 is 2.41 bits per heavy atom. The molecule has 2 aromatic rings. The van der Waals surface area contributed by atoms with Gasteiger partial charge in [0.25, 0.3) is 0 Å². The summed E-state index contributed by atoms with van der Waals surface area (Å²) in [5, 5.41) is 6.51. The fraction of sp³-hybridized carbons (Fsp3) is 0.571. The molecule has 2 heterocycles. The van der Waals surface area contributed by atoms with E-state index in [2.05, 4.69) is 27.8 Å². The summed E-state index contributed by atoms with van der Waals surface area (Å²) in [5.74, 6) is 0.0575. The van der Waals surface area contributed by atoms with Crippen molar-refractivity contribution in [3.63, 3.8) is 0 Å². The van der Waals surface area contributed by atoms with Crippen molar-refractivity contribution in [2.45, 2.75) is 76.0 Å². The number of nitrogens with zero attached hydrogens (tertiary/aromatic N) is 4. The number of anilines is 1. The number of nitrogens with two attached hydrogens (primary N) is 2. The molecule has 5 rings (SSSR count). The molecule has 1 saturated carbocycles. The van der Waals surface area contributed by atoms with Gasteiger partial charge in [-0.05, 0) is 81.7 Å². The minimum atomic E-state index is -0.944. The Kier molecular flexibility index (Phi) is 7.75. The third kappa shape index (κ3) is 6.32. The molecule has 210 valence electrons. The Morgan fingerprint density at radius 1 is 1.00 bits per heavy atom. The van der Waals surface area contributed by atoms with Crippen LogP contribution in [0.15, 0.2) is 35.3 Å². The van der Waals surface area contributed by atoms with Crippen molar-refractivity contribution in [2.24, 2.45) is 11.5 Å². The zero-order chi connectivity index (χ0) is 27.7. The second kappa shape index (κ2) is 11.1. The van der Waals surface area contributed by atoms with Gasteiger partial charge in [-0.3, -0.25) is 14.7 Å². The van der Waals surface area contributed by atoms with Crippen molar-refractivity contribution in [1.29, 1.82) is 0 Å². The molecule has 1 aliphatic heterocycles. The molecule has 3 amide bonds. The first-order chi connectivity index (χ1) is 18.6. The third-order valence-electron chi connectivity index (χ3n) is 8.09. The number of aryl methyl sites for hydroxylation is 1. The molecule has 6 N–H and O–H groups in total. The fourth-order valence-corrected chi connectivity index (χ4v) is 5.91. The number of carbonyl (C=O) groups excluding carboxylic acids is 2. The van der Waals surface area contributed by atoms with Crippen LogP contribution in [0.25, 0.3) is 5.69 Å². The van der Waals surface area contributed by atoms with E-state index >= 15 is 0 Å². The summed E-state index contributed by atoms with van der Waals surface area (Å²) < 4.78 is 1.50. The SMILES string of the molecule is CC(C)(N)C(=O)N1CCN(C(=O)Nc2ccn(-c3ccc4c(c3)CCC(N[C@H]3CCC(N)C3)C4)c(=O)n2)CC1. The van der Waals surface area contributed by atoms with E-state index in [4.69, 9.17) is 11.5 Å². The van der Waals surface area contributed by atoms with Crippen LogP contribution >= 0.6 is 0 Å². The second-order valence-corrected chi connectivity index (χ2v) is 11.7. The summed E-state index contributed by atoms with van der Waals surface area (Å²) in [5.41, 5.74) is 13.9. The topological polar surface area (TPSA) is 152 Å². The maximum absolute atomic E-state index is 12.9. The molecule has 1 aromatic carbocycles. The van der Waals surface area contributed by atoms with E-state index in [-0.39, 0.29) is 17.8 Å². The molecule has 1 saturated heterocycles. The van der Waals surface area contributed by atoms with E-state index < -0.39 is 11.2 Å². The van der Waals surface area contributed by atoms with Gasteiger partial charge < -0.3 is 26.6 Å². The molecule has 2 unspecified atom stereocenters. The highest BCUT2D eigenvalue weighted by Crippen LogP contribution is 2.26. The number of carbonyl (C=O) groups is 2. The van der Waals surface area contributed by atoms with E-state index in [0.717, 1.165) is 44.2 Å². The monoisotopic (exact) mass is 536 g/mol. The van der Waals surface area contributed by atoms with E-state index in [1.807, 2.05) is 6.07 Å². The van der Waals surface area contributed by atoms with Crippen molar-refractivity contribution in [2.75, 3.05) is 31.5 Å². The number of fused-ring (bicyclic) bond motifs is 1. The largest absolute Gasteiger partial charge is 0.354 e. The highest BCUT2D eigenvalue weighted by Gasteiger charge is 2.31. The summed E-state index contributed by atoms with van der Waals surface area (Å²) in [6.07, 6.45) is 7.95. The molecule has 3 atom stereocenters. The van der Waals surface area contributed by atoms with Crippen LogP contribution in [-0.2, 0) is 17.6 Å². The highest BCUT2D eigenvalue weighted by molar-refractivity contribution is 5.89. The van der Waals surface area contributed by atoms with E-state index in [1.54, 1.807) is 35.9 Å². The highest BCUT2D eigenvalue weighted by atomic mass is 16.2. The number of nitrogens with one attached hydrogen (secondary N) is 2. The van der Waals surface area contributed by atoms with Crippen LogP contribution in [0.3, 0.4) is 0 Å². The molecule has 2 aliphatic carbocycles. The smallest absolute Gasteiger partial charge is 0.338 e. The van der Waals surface area contributed by atoms with Gasteiger partial charge in [-0.2, -0.15) is 4.98 Å². The van der Waals surface area contributed by atoms with Crippen molar-refractivity contribution < 1.29 is 9.59 Å². The summed E-state index contributed by atoms with van der Waals surface area (Å²) in [6.45, 7) is 4.92. The standard InChI is InChI=1S/C28H40N8O3/c1-28(2,30)25(37)34-11-13-35(14-12-34)26(38)32-24-9-10-36(27(39)33-24)23-8-4-18-15-21(6-3-19(18)16-23)31-22-7-5-20(29)17-22/h4,8-10,16,20-22,31H,3,5-7,11-15,17,29-30H2,1-2H3,(H,32,33,38,39)/t20?,21?,22-/m0/s1. The van der Waals surface area contributed by atoms with Crippen LogP contribution in [0.4, 0.5) is 10.6 Å². The van der Waals surface area contributed by atoms with Crippen LogP contribution in [0.5, 0.6) is 0 Å². The van der Waals surface area contributed by atoms with Gasteiger partial charge in [0.2, 0.25) is 5.91 Å². The summed E-state index contributed by atoms with van der Waals surface area (Å²) in [4.78, 5) is 45.3. The number of piperazine rings is 1. The first-order valence-electron chi connectivity index (χ1n) is 13.9. The summed E-state index contributed by atoms with van der Waals surface area (Å²) in [7, 11) is 0. The quantitative estimate of drug-likeness (QED) is 0.444. The zero-order valence-corrected chi connectivity index (χ0v) is 22.9. The van der Waals surface area contributed by atoms with Crippen molar-refractivity contribution in [3.8, 4) is 5.69 Å². The molecule has 11 nitrogen and oxygen atoms in total. The van der Waals surface area contributed by atoms with Gasteiger partial charge in [-0.15, -0.1) is 0 Å². The molecule has 1 aromatic heterocycles. The number of benzene rings is 1. The lowest BCUT2D eigenvalue weighted by Gasteiger charge is -2.37. The van der Waals surface area contributed by atoms with Crippen molar-refractivity contribution in [1.82, 2.24) is 24.7 Å². The van der Waals surface area contributed by atoms with Gasteiger partial charge in [0.1, 0.15) is 5.82 Å². The fourth-order valence-electron chi connectivity index (χ4n) is 5.91. The first kappa shape index (κ1) is 27.3. The minimum absolute atomic E-state index is 0.138. The van der Waals surface area contributed by atoms with E-state index in [9.17, 15) is 14.4 Å². The number of urea groups is 1. The van der Waals surface area contributed by atoms with Crippen LogP contribution in [0.2, 0.25) is 0 Å². The Hall–Kier alpha value is -3.28. The lowest BCUT2D eigenvalue weighted by Crippen LogP contribution is -2.58. The lowest BCUT2D eigenvalue weighted by atomic mass is 9.87. The normalized spacial score (nSPS) is 23.4. The van der Waals surface area contributed by atoms with E-state index in [0.29, 0.717) is 44.3 Å². The van der Waals surface area contributed by atoms with Crippen LogP contribution in [0, 0.1) is 0 Å². The van der Waals surface area contributed by atoms with Gasteiger partial charge in [-0.1, -0.05) is 6.07 Å². The summed E-state index contributed by atoms with van der Waals surface area (Å²) >= 11 is 0. The summed E-state index contributed by atoms with van der Waals surface area (Å²) in [6, 6.07) is 8.71. The molecule has 39 heavy (non-hydrogen) atoms. The average molecular weight is 537 g/mol. The number of hydrogen-bond donors (Lipinski definition) is 4. The Morgan fingerprint density at radius 2 is 1.74 bits per heavy atom. The molecular formula is C28H40N8O3. The lowest BCUT2D eigenvalue weighted by molar-refractivity contribution is -0.137. The van der Waals surface area contributed by atoms with Crippen LogP contribution in [-0.4, -0.2) is 81.1 Å². The number of hydrogen-bond acceptors (Lipinski definition) is 7. The maximum Gasteiger partial charge on any atom is 0.354 e. The molecule has 3 aliphatic rings. The predicted molar refractivity (Wildman–Crippen MR) is 150 cm³/mol. The van der Waals surface area contributed by atoms with Crippen molar-refractivity contribution in [3.05, 3.63) is 52.1 Å². The molecule has 2 fully saturated rings. The molecule has 11 heteroatoms. The van der Waals surface area contributed by atoms with Crippen LogP contribution < -0.4 is 27.8 Å². The van der Waals surface area contributed by atoms with E-state index in [1.165, 1.54) is 15.7 Å². The minimum Gasteiger partial charge on any atom is -0.338 e.